The fraction of sp³-hybridized carbons (Fsp3) is 0.348. The Morgan fingerprint density at radius 1 is 1.10 bits per heavy atom. The predicted molar refractivity (Wildman–Crippen MR) is 110 cm³/mol. The molecule has 2 heterocycles. The number of nitrogens with zero attached hydrogens (tertiary/aromatic N) is 2. The van der Waals surface area contributed by atoms with Gasteiger partial charge in [-0.2, -0.15) is 0 Å². The van der Waals surface area contributed by atoms with Gasteiger partial charge in [0.05, 0.1) is 11.3 Å². The molecule has 2 aliphatic heterocycles. The van der Waals surface area contributed by atoms with E-state index in [-0.39, 0.29) is 36.6 Å². The summed E-state index contributed by atoms with van der Waals surface area (Å²) in [5.41, 5.74) is 1.75. The standard InChI is InChI=1S/C23H25N3O3/c1-15(2)25-21(28)18-6-4-5-7-19(18)26-20(27)12-13-23(25,26)22(29)24-14-17-10-8-16(3)9-11-17/h4-11,15H,12-14H2,1-3H3,(H,24,29). The van der Waals surface area contributed by atoms with Crippen molar-refractivity contribution in [1.82, 2.24) is 10.2 Å². The Morgan fingerprint density at radius 2 is 1.79 bits per heavy atom. The number of anilines is 1. The zero-order chi connectivity index (χ0) is 20.8. The molecule has 1 saturated heterocycles. The molecule has 2 aromatic carbocycles. The molecule has 1 atom stereocenters. The lowest BCUT2D eigenvalue weighted by atomic mass is 9.94. The second-order valence-corrected chi connectivity index (χ2v) is 8.00. The second-order valence-electron chi connectivity index (χ2n) is 8.00. The van der Waals surface area contributed by atoms with Crippen LogP contribution in [0.1, 0.15) is 48.2 Å². The Kier molecular flexibility index (Phi) is 4.65. The van der Waals surface area contributed by atoms with Crippen molar-refractivity contribution < 1.29 is 14.4 Å². The Labute approximate surface area is 170 Å². The molecular formula is C23H25N3O3. The molecular weight excluding hydrogens is 366 g/mol. The Hall–Kier alpha value is -3.15. The highest BCUT2D eigenvalue weighted by Gasteiger charge is 2.61. The van der Waals surface area contributed by atoms with Gasteiger partial charge in [0, 0.05) is 25.4 Å². The molecule has 1 unspecified atom stereocenters. The Balaban J connectivity index is 1.75. The molecule has 0 bridgehead atoms. The van der Waals surface area contributed by atoms with E-state index in [0.29, 0.717) is 17.8 Å². The van der Waals surface area contributed by atoms with Crippen molar-refractivity contribution in [1.29, 1.82) is 0 Å². The fourth-order valence-corrected chi connectivity index (χ4v) is 4.44. The highest BCUT2D eigenvalue weighted by Crippen LogP contribution is 2.45. The molecule has 0 saturated carbocycles. The van der Waals surface area contributed by atoms with Crippen molar-refractivity contribution >= 4 is 23.4 Å². The maximum absolute atomic E-state index is 13.6. The van der Waals surface area contributed by atoms with Crippen molar-refractivity contribution in [3.05, 3.63) is 65.2 Å². The van der Waals surface area contributed by atoms with E-state index in [1.165, 1.54) is 4.90 Å². The summed E-state index contributed by atoms with van der Waals surface area (Å²) in [6.45, 7) is 6.10. The fourth-order valence-electron chi connectivity index (χ4n) is 4.44. The van der Waals surface area contributed by atoms with Crippen LogP contribution >= 0.6 is 0 Å². The Bertz CT molecular complexity index is 983. The number of fused-ring (bicyclic) bond motifs is 3. The van der Waals surface area contributed by atoms with Gasteiger partial charge in [-0.1, -0.05) is 42.0 Å². The SMILES string of the molecule is Cc1ccc(CNC(=O)C23CCC(=O)N2c2ccccc2C(=O)N3C(C)C)cc1. The van der Waals surface area contributed by atoms with Crippen LogP contribution in [0.4, 0.5) is 5.69 Å². The molecule has 29 heavy (non-hydrogen) atoms. The lowest BCUT2D eigenvalue weighted by molar-refractivity contribution is -0.134. The molecule has 0 aliphatic carbocycles. The number of hydrogen-bond acceptors (Lipinski definition) is 3. The summed E-state index contributed by atoms with van der Waals surface area (Å²) >= 11 is 0. The number of nitrogens with one attached hydrogen (secondary N) is 1. The molecule has 0 radical (unpaired) electrons. The predicted octanol–water partition coefficient (Wildman–Crippen LogP) is 3.00. The highest BCUT2D eigenvalue weighted by molar-refractivity contribution is 6.16. The summed E-state index contributed by atoms with van der Waals surface area (Å²) < 4.78 is 0. The summed E-state index contributed by atoms with van der Waals surface area (Å²) in [6, 6.07) is 14.7. The smallest absolute Gasteiger partial charge is 0.267 e. The van der Waals surface area contributed by atoms with Crippen LogP contribution in [-0.2, 0) is 16.1 Å². The van der Waals surface area contributed by atoms with E-state index in [9.17, 15) is 14.4 Å². The third-order valence-electron chi connectivity index (χ3n) is 5.75. The molecule has 6 heteroatoms. The van der Waals surface area contributed by atoms with Crippen LogP contribution < -0.4 is 10.2 Å². The molecule has 0 spiro atoms. The minimum atomic E-state index is -1.33. The van der Waals surface area contributed by atoms with Crippen molar-refractivity contribution in [2.24, 2.45) is 0 Å². The van der Waals surface area contributed by atoms with Gasteiger partial charge in [0.1, 0.15) is 0 Å². The highest BCUT2D eigenvalue weighted by atomic mass is 16.2. The van der Waals surface area contributed by atoms with Crippen LogP contribution in [-0.4, -0.2) is 34.3 Å². The molecule has 1 N–H and O–H groups in total. The average molecular weight is 391 g/mol. The van der Waals surface area contributed by atoms with Crippen LogP contribution in [0.25, 0.3) is 0 Å². The lowest BCUT2D eigenvalue weighted by Crippen LogP contribution is -2.71. The van der Waals surface area contributed by atoms with Crippen LogP contribution in [0.5, 0.6) is 0 Å². The topological polar surface area (TPSA) is 69.7 Å². The number of para-hydroxylation sites is 1. The van der Waals surface area contributed by atoms with Crippen LogP contribution in [0, 0.1) is 6.92 Å². The van der Waals surface area contributed by atoms with Crippen LogP contribution in [0.15, 0.2) is 48.5 Å². The molecule has 150 valence electrons. The molecule has 1 fully saturated rings. The number of benzene rings is 2. The van der Waals surface area contributed by atoms with E-state index < -0.39 is 5.66 Å². The minimum absolute atomic E-state index is 0.138. The van der Waals surface area contributed by atoms with E-state index in [1.807, 2.05) is 45.0 Å². The number of rotatable bonds is 4. The van der Waals surface area contributed by atoms with Gasteiger partial charge in [0.25, 0.3) is 11.8 Å². The van der Waals surface area contributed by atoms with E-state index in [2.05, 4.69) is 5.32 Å². The average Bonchev–Trinajstić information content (AvgIpc) is 3.05. The van der Waals surface area contributed by atoms with E-state index in [0.717, 1.165) is 11.1 Å². The van der Waals surface area contributed by atoms with Gasteiger partial charge < -0.3 is 10.2 Å². The Morgan fingerprint density at radius 3 is 2.48 bits per heavy atom. The molecule has 6 nitrogen and oxygen atoms in total. The summed E-state index contributed by atoms with van der Waals surface area (Å²) in [5.74, 6) is -0.673. The van der Waals surface area contributed by atoms with Gasteiger partial charge in [0.15, 0.2) is 0 Å². The van der Waals surface area contributed by atoms with E-state index in [1.54, 1.807) is 29.2 Å². The molecule has 0 aromatic heterocycles. The molecule has 4 rings (SSSR count). The van der Waals surface area contributed by atoms with Gasteiger partial charge in [-0.3, -0.25) is 19.3 Å². The minimum Gasteiger partial charge on any atom is -0.348 e. The monoisotopic (exact) mass is 391 g/mol. The largest absolute Gasteiger partial charge is 0.348 e. The third kappa shape index (κ3) is 2.90. The first kappa shape index (κ1) is 19.2. The molecule has 2 aromatic rings. The lowest BCUT2D eigenvalue weighted by Gasteiger charge is -2.50. The van der Waals surface area contributed by atoms with Gasteiger partial charge >= 0.3 is 0 Å². The molecule has 2 aliphatic rings. The summed E-state index contributed by atoms with van der Waals surface area (Å²) in [4.78, 5) is 42.9. The van der Waals surface area contributed by atoms with Gasteiger partial charge in [0.2, 0.25) is 11.6 Å². The van der Waals surface area contributed by atoms with Crippen molar-refractivity contribution in [2.45, 2.75) is 51.9 Å². The first-order valence-corrected chi connectivity index (χ1v) is 9.96. The van der Waals surface area contributed by atoms with Crippen molar-refractivity contribution in [3.63, 3.8) is 0 Å². The van der Waals surface area contributed by atoms with Crippen LogP contribution in [0.3, 0.4) is 0 Å². The first-order valence-electron chi connectivity index (χ1n) is 9.96. The number of hydrogen-bond donors (Lipinski definition) is 1. The quantitative estimate of drug-likeness (QED) is 0.871. The van der Waals surface area contributed by atoms with Gasteiger partial charge in [-0.25, -0.2) is 0 Å². The zero-order valence-corrected chi connectivity index (χ0v) is 16.9. The van der Waals surface area contributed by atoms with Crippen molar-refractivity contribution in [2.75, 3.05) is 4.90 Å². The molecule has 3 amide bonds. The van der Waals surface area contributed by atoms with Gasteiger partial charge in [-0.15, -0.1) is 0 Å². The number of carbonyl (C=O) groups excluding carboxylic acids is 3. The van der Waals surface area contributed by atoms with E-state index in [4.69, 9.17) is 0 Å². The number of carbonyl (C=O) groups is 3. The maximum Gasteiger partial charge on any atom is 0.267 e. The summed E-state index contributed by atoms with van der Waals surface area (Å²) in [6.07, 6.45) is 0.507. The number of aryl methyl sites for hydroxylation is 1. The summed E-state index contributed by atoms with van der Waals surface area (Å²) in [7, 11) is 0. The first-order chi connectivity index (χ1) is 13.9. The maximum atomic E-state index is 13.6. The van der Waals surface area contributed by atoms with Crippen LogP contribution in [0.2, 0.25) is 0 Å². The number of amides is 3. The normalized spacial score (nSPS) is 20.7. The van der Waals surface area contributed by atoms with Crippen molar-refractivity contribution in [3.8, 4) is 0 Å². The van der Waals surface area contributed by atoms with Gasteiger partial charge in [-0.05, 0) is 38.5 Å². The third-order valence-corrected chi connectivity index (χ3v) is 5.75. The second kappa shape index (κ2) is 7.03. The summed E-state index contributed by atoms with van der Waals surface area (Å²) in [5, 5.41) is 2.98. The zero-order valence-electron chi connectivity index (χ0n) is 16.9. The van der Waals surface area contributed by atoms with E-state index >= 15 is 0 Å².